The molecule has 2 aliphatic rings. The number of anilines is 2. The van der Waals surface area contributed by atoms with Crippen LogP contribution in [0.1, 0.15) is 42.7 Å². The van der Waals surface area contributed by atoms with Crippen LogP contribution in [0.4, 0.5) is 20.2 Å². The molecular weight excluding hydrogens is 484 g/mol. The van der Waals surface area contributed by atoms with E-state index in [2.05, 4.69) is 10.6 Å². The third-order valence-electron chi connectivity index (χ3n) is 7.27. The van der Waals surface area contributed by atoms with E-state index >= 15 is 0 Å². The minimum absolute atomic E-state index is 0.0277. The Kier molecular flexibility index (Phi) is 6.85. The fourth-order valence-corrected chi connectivity index (χ4v) is 5.38. The molecule has 7 heteroatoms. The summed E-state index contributed by atoms with van der Waals surface area (Å²) in [6, 6.07) is 20.7. The van der Waals surface area contributed by atoms with Crippen molar-refractivity contribution >= 4 is 23.1 Å². The maximum absolute atomic E-state index is 14.4. The summed E-state index contributed by atoms with van der Waals surface area (Å²) in [7, 11) is 3.88. The van der Waals surface area contributed by atoms with Crippen LogP contribution in [-0.4, -0.2) is 25.8 Å². The van der Waals surface area contributed by atoms with Gasteiger partial charge in [-0.1, -0.05) is 42.5 Å². The maximum Gasteiger partial charge on any atom is 0.254 e. The second-order valence-electron chi connectivity index (χ2n) is 9.99. The number of rotatable bonds is 5. The third kappa shape index (κ3) is 4.84. The van der Waals surface area contributed by atoms with Crippen molar-refractivity contribution in [3.05, 3.63) is 118 Å². The standard InChI is InChI=1S/C31H29F2N3O2/c1-18-28(31(38)35-25-14-11-22(32)17-24(25)33)29(20-9-12-23(13-10-20)36(2)3)30-26(34-18)15-21(16-27(30)37)19-7-5-4-6-8-19/h4-14,17,21,29,34H,15-16H2,1-3H3,(H,35,38). The van der Waals surface area contributed by atoms with Crippen molar-refractivity contribution in [2.24, 2.45) is 0 Å². The van der Waals surface area contributed by atoms with E-state index in [9.17, 15) is 18.4 Å². The molecule has 1 amide bonds. The lowest BCUT2D eigenvalue weighted by atomic mass is 9.71. The zero-order valence-corrected chi connectivity index (χ0v) is 21.5. The van der Waals surface area contributed by atoms with Gasteiger partial charge in [0.05, 0.1) is 5.69 Å². The summed E-state index contributed by atoms with van der Waals surface area (Å²) in [5, 5.41) is 5.93. The summed E-state index contributed by atoms with van der Waals surface area (Å²) >= 11 is 0. The lowest BCUT2D eigenvalue weighted by Crippen LogP contribution is -2.37. The summed E-state index contributed by atoms with van der Waals surface area (Å²) in [6.45, 7) is 1.79. The van der Waals surface area contributed by atoms with Crippen LogP contribution < -0.4 is 15.5 Å². The molecule has 0 spiro atoms. The van der Waals surface area contributed by atoms with Crippen LogP contribution >= 0.6 is 0 Å². The molecule has 0 saturated carbocycles. The Morgan fingerprint density at radius 2 is 1.66 bits per heavy atom. The van der Waals surface area contributed by atoms with Gasteiger partial charge in [-0.3, -0.25) is 9.59 Å². The van der Waals surface area contributed by atoms with Crippen LogP contribution in [0.5, 0.6) is 0 Å². The Balaban J connectivity index is 1.57. The molecule has 1 aliphatic carbocycles. The highest BCUT2D eigenvalue weighted by Gasteiger charge is 2.41. The van der Waals surface area contributed by atoms with E-state index in [1.165, 1.54) is 6.07 Å². The van der Waals surface area contributed by atoms with Gasteiger partial charge in [0.1, 0.15) is 11.6 Å². The van der Waals surface area contributed by atoms with E-state index in [1.54, 1.807) is 6.92 Å². The Hall–Kier alpha value is -4.26. The monoisotopic (exact) mass is 513 g/mol. The predicted octanol–water partition coefficient (Wildman–Crippen LogP) is 6.03. The van der Waals surface area contributed by atoms with Crippen LogP contribution in [-0.2, 0) is 9.59 Å². The second kappa shape index (κ2) is 10.2. The number of Topliss-reactive ketones (excluding diaryl/α,β-unsaturated/α-hetero) is 1. The number of halogens is 2. The van der Waals surface area contributed by atoms with Gasteiger partial charge < -0.3 is 15.5 Å². The van der Waals surface area contributed by atoms with Gasteiger partial charge in [0.2, 0.25) is 0 Å². The van der Waals surface area contributed by atoms with Gasteiger partial charge in [-0.2, -0.15) is 0 Å². The average molecular weight is 514 g/mol. The van der Waals surface area contributed by atoms with Crippen LogP contribution in [0.15, 0.2) is 95.3 Å². The molecule has 0 fully saturated rings. The number of hydrogen-bond acceptors (Lipinski definition) is 4. The van der Waals surface area contributed by atoms with Crippen molar-refractivity contribution in [3.63, 3.8) is 0 Å². The van der Waals surface area contributed by atoms with Gasteiger partial charge in [0.25, 0.3) is 5.91 Å². The Morgan fingerprint density at radius 3 is 2.32 bits per heavy atom. The summed E-state index contributed by atoms with van der Waals surface area (Å²) in [6.07, 6.45) is 0.966. The SMILES string of the molecule is CC1=C(C(=O)Nc2ccc(F)cc2F)C(c2ccc(N(C)C)cc2)C2=C(CC(c3ccccc3)CC2=O)N1. The zero-order valence-electron chi connectivity index (χ0n) is 21.5. The highest BCUT2D eigenvalue weighted by atomic mass is 19.1. The zero-order chi connectivity index (χ0) is 27.0. The van der Waals surface area contributed by atoms with Gasteiger partial charge in [0.15, 0.2) is 5.78 Å². The molecule has 0 aromatic heterocycles. The molecule has 2 atom stereocenters. The van der Waals surface area contributed by atoms with Crippen molar-refractivity contribution in [2.45, 2.75) is 31.6 Å². The molecular formula is C31H29F2N3O2. The average Bonchev–Trinajstić information content (AvgIpc) is 2.90. The van der Waals surface area contributed by atoms with Crippen molar-refractivity contribution in [1.29, 1.82) is 0 Å². The number of dihydropyridines is 1. The molecule has 0 radical (unpaired) electrons. The Labute approximate surface area is 220 Å². The summed E-state index contributed by atoms with van der Waals surface area (Å²) in [4.78, 5) is 29.3. The molecule has 3 aromatic carbocycles. The number of amides is 1. The van der Waals surface area contributed by atoms with Gasteiger partial charge >= 0.3 is 0 Å². The highest BCUT2D eigenvalue weighted by Crippen LogP contribution is 2.46. The largest absolute Gasteiger partial charge is 0.378 e. The second-order valence-corrected chi connectivity index (χ2v) is 9.99. The lowest BCUT2D eigenvalue weighted by molar-refractivity contribution is -0.116. The van der Waals surface area contributed by atoms with Gasteiger partial charge in [-0.15, -0.1) is 0 Å². The number of nitrogens with zero attached hydrogens (tertiary/aromatic N) is 1. The first-order chi connectivity index (χ1) is 18.2. The van der Waals surface area contributed by atoms with Crippen molar-refractivity contribution in [2.75, 3.05) is 24.3 Å². The minimum atomic E-state index is -0.869. The molecule has 1 aliphatic heterocycles. The molecule has 1 heterocycles. The molecule has 2 unspecified atom stereocenters. The quantitative estimate of drug-likeness (QED) is 0.437. The number of hydrogen-bond donors (Lipinski definition) is 2. The van der Waals surface area contributed by atoms with Gasteiger partial charge in [-0.05, 0) is 54.7 Å². The van der Waals surface area contributed by atoms with Crippen LogP contribution in [0.25, 0.3) is 0 Å². The smallest absolute Gasteiger partial charge is 0.254 e. The summed E-state index contributed by atoms with van der Waals surface area (Å²) in [5.74, 6) is -2.78. The Bertz CT molecular complexity index is 1460. The number of carbonyl (C=O) groups excluding carboxylic acids is 2. The van der Waals surface area contributed by atoms with Gasteiger partial charge in [-0.25, -0.2) is 8.78 Å². The summed E-state index contributed by atoms with van der Waals surface area (Å²) in [5.41, 5.74) is 5.03. The number of carbonyl (C=O) groups is 2. The van der Waals surface area contributed by atoms with Crippen molar-refractivity contribution in [3.8, 4) is 0 Å². The fraction of sp³-hybridized carbons (Fsp3) is 0.226. The number of ketones is 1. The van der Waals surface area contributed by atoms with Crippen molar-refractivity contribution < 1.29 is 18.4 Å². The molecule has 0 bridgehead atoms. The Morgan fingerprint density at radius 1 is 0.947 bits per heavy atom. The highest BCUT2D eigenvalue weighted by molar-refractivity contribution is 6.10. The number of allylic oxidation sites excluding steroid dienone is 3. The predicted molar refractivity (Wildman–Crippen MR) is 145 cm³/mol. The van der Waals surface area contributed by atoms with E-state index in [-0.39, 0.29) is 17.4 Å². The van der Waals surface area contributed by atoms with E-state index in [4.69, 9.17) is 0 Å². The molecule has 38 heavy (non-hydrogen) atoms. The maximum atomic E-state index is 14.4. The van der Waals surface area contributed by atoms with Crippen LogP contribution in [0.3, 0.4) is 0 Å². The molecule has 194 valence electrons. The first-order valence-corrected chi connectivity index (χ1v) is 12.6. The van der Waals surface area contributed by atoms with Gasteiger partial charge in [0, 0.05) is 60.7 Å². The number of nitrogens with one attached hydrogen (secondary N) is 2. The van der Waals surface area contributed by atoms with Crippen molar-refractivity contribution in [1.82, 2.24) is 5.32 Å². The van der Waals surface area contributed by atoms with E-state index < -0.39 is 23.5 Å². The van der Waals surface area contributed by atoms with E-state index in [0.29, 0.717) is 29.7 Å². The lowest BCUT2D eigenvalue weighted by Gasteiger charge is -2.37. The molecule has 5 rings (SSSR count). The molecule has 2 N–H and O–H groups in total. The number of benzene rings is 3. The van der Waals surface area contributed by atoms with Crippen LogP contribution in [0, 0.1) is 11.6 Å². The topological polar surface area (TPSA) is 61.4 Å². The molecule has 5 nitrogen and oxygen atoms in total. The van der Waals surface area contributed by atoms with E-state index in [1.807, 2.05) is 73.6 Å². The molecule has 3 aromatic rings. The molecule has 0 saturated heterocycles. The first-order valence-electron chi connectivity index (χ1n) is 12.6. The fourth-order valence-electron chi connectivity index (χ4n) is 5.38. The first kappa shape index (κ1) is 25.4. The normalized spacial score (nSPS) is 19.1. The van der Waals surface area contributed by atoms with Crippen LogP contribution in [0.2, 0.25) is 0 Å². The van der Waals surface area contributed by atoms with E-state index in [0.717, 1.165) is 34.6 Å². The minimum Gasteiger partial charge on any atom is -0.378 e. The summed E-state index contributed by atoms with van der Waals surface area (Å²) < 4.78 is 27.8. The third-order valence-corrected chi connectivity index (χ3v) is 7.27.